The van der Waals surface area contributed by atoms with Crippen molar-refractivity contribution in [3.8, 4) is 34.4 Å². The number of rotatable bonds is 6. The van der Waals surface area contributed by atoms with Crippen LogP contribution < -0.4 is 0 Å². The summed E-state index contributed by atoms with van der Waals surface area (Å²) < 4.78 is 25.5. The molecule has 273 valence electrons. The summed E-state index contributed by atoms with van der Waals surface area (Å²) in [5, 5.41) is 11.0. The van der Waals surface area contributed by atoms with Gasteiger partial charge in [0, 0.05) is 40.1 Å². The van der Waals surface area contributed by atoms with Gasteiger partial charge in [0.15, 0.2) is 0 Å². The number of nitrogens with zero attached hydrogens (tertiary/aromatic N) is 4. The Kier molecular flexibility index (Phi) is 10.5. The number of fused-ring (bicyclic) bond motifs is 4. The molecule has 8 rings (SSSR count). The van der Waals surface area contributed by atoms with Crippen LogP contribution in [0.15, 0.2) is 120 Å². The van der Waals surface area contributed by atoms with Crippen LogP contribution in [0.3, 0.4) is 0 Å². The van der Waals surface area contributed by atoms with Crippen molar-refractivity contribution in [2.75, 3.05) is 0 Å². The number of hydrogen-bond donors (Lipinski definition) is 0. The molecular weight excluding hydrogens is 841 g/mol. The van der Waals surface area contributed by atoms with Crippen LogP contribution >= 0.6 is 0 Å². The van der Waals surface area contributed by atoms with Gasteiger partial charge in [-0.3, -0.25) is 4.98 Å². The van der Waals surface area contributed by atoms with Crippen LogP contribution in [0.5, 0.6) is 0 Å². The maximum Gasteiger partial charge on any atom is 0.122 e. The molecule has 0 saturated heterocycles. The zero-order valence-corrected chi connectivity index (χ0v) is 34.0. The molecule has 5 aromatic carbocycles. The molecule has 0 aliphatic heterocycles. The van der Waals surface area contributed by atoms with Gasteiger partial charge in [0.2, 0.25) is 0 Å². The van der Waals surface area contributed by atoms with Gasteiger partial charge in [-0.2, -0.15) is 5.26 Å². The predicted molar refractivity (Wildman–Crippen MR) is 217 cm³/mol. The van der Waals surface area contributed by atoms with Gasteiger partial charge in [-0.05, 0) is 70.8 Å². The van der Waals surface area contributed by atoms with Gasteiger partial charge in [-0.15, -0.1) is 54.1 Å². The van der Waals surface area contributed by atoms with E-state index in [0.29, 0.717) is 45.4 Å². The number of furan rings is 1. The Balaban J connectivity index is 0.000000187. The molecule has 0 bridgehead atoms. The number of hydrogen-bond acceptors (Lipinski definition) is 4. The summed E-state index contributed by atoms with van der Waals surface area (Å²) in [4.78, 5) is 9.44. The maximum absolute atomic E-state index is 9.13. The Morgan fingerprint density at radius 1 is 0.833 bits per heavy atom. The fraction of sp³-hybridized carbons (Fsp3) is 0.229. The third-order valence-electron chi connectivity index (χ3n) is 9.17. The molecule has 1 radical (unpaired) electrons. The van der Waals surface area contributed by atoms with Gasteiger partial charge in [0.05, 0.1) is 34.1 Å². The normalized spacial score (nSPS) is 12.3. The molecule has 3 heterocycles. The third kappa shape index (κ3) is 7.80. The minimum absolute atomic E-state index is 0. The number of nitriles is 1. The zero-order chi connectivity index (χ0) is 39.1. The van der Waals surface area contributed by atoms with Crippen molar-refractivity contribution in [2.24, 2.45) is 5.41 Å². The number of benzene rings is 5. The standard InChI is InChI=1S/C25H25N2.C23H19N2O.Ir/c1-17(2)20-13-10-14-21(18(3)4)24(20)27-23-16-9-8-15-22(23)26-25(27)19-11-6-5-7-12-19;1-23(2,3)13-15-9-10-25-20(11-15)19-6-4-5-18-17-8-7-16(14-24)12-21(17)26-22(18)19;/h5-11,13-18H,1-4H3;4-5,7-12H,13H2,1-3H3;/q2*-1;/i;13D2;. The smallest absolute Gasteiger partial charge is 0.122 e. The first-order chi connectivity index (χ1) is 26.3. The Morgan fingerprint density at radius 2 is 1.57 bits per heavy atom. The number of aromatic nitrogens is 3. The SMILES string of the molecule is CC(C)c1cccc(C(C)C)c1-n1c(-c2[c-]cccc2)nc2ccccc21.[2H]C([2H])(c1ccnc(-c2[c-]ccc3c2oc2cc(C#N)ccc23)c1)C(C)(C)C.[Ir]. The van der Waals surface area contributed by atoms with Gasteiger partial charge in [0.25, 0.3) is 0 Å². The fourth-order valence-electron chi connectivity index (χ4n) is 6.81. The Hall–Kier alpha value is -5.34. The molecule has 54 heavy (non-hydrogen) atoms. The second kappa shape index (κ2) is 15.9. The van der Waals surface area contributed by atoms with E-state index in [4.69, 9.17) is 17.4 Å². The van der Waals surface area contributed by atoms with Crippen molar-refractivity contribution < 1.29 is 27.3 Å². The molecule has 0 aliphatic carbocycles. The Morgan fingerprint density at radius 3 is 2.26 bits per heavy atom. The molecule has 3 aromatic heterocycles. The van der Waals surface area contributed by atoms with Crippen molar-refractivity contribution in [3.05, 3.63) is 150 Å². The topological polar surface area (TPSA) is 67.6 Å². The first-order valence-electron chi connectivity index (χ1n) is 19.1. The summed E-state index contributed by atoms with van der Waals surface area (Å²) in [6.07, 6.45) is 0.103. The molecule has 8 aromatic rings. The molecule has 0 saturated carbocycles. The summed E-state index contributed by atoms with van der Waals surface area (Å²) >= 11 is 0. The van der Waals surface area contributed by atoms with Crippen molar-refractivity contribution >= 4 is 33.0 Å². The van der Waals surface area contributed by atoms with Crippen LogP contribution in [0, 0.1) is 28.9 Å². The number of imidazole rings is 1. The zero-order valence-electron chi connectivity index (χ0n) is 33.7. The fourth-order valence-corrected chi connectivity index (χ4v) is 6.81. The first-order valence-corrected chi connectivity index (χ1v) is 18.1. The van der Waals surface area contributed by atoms with Crippen LogP contribution in [0.25, 0.3) is 61.3 Å². The van der Waals surface area contributed by atoms with Crippen LogP contribution in [-0.2, 0) is 26.5 Å². The predicted octanol–water partition coefficient (Wildman–Crippen LogP) is 12.6. The molecular formula is C48H44IrN4O-2. The van der Waals surface area contributed by atoms with Crippen LogP contribution in [0.4, 0.5) is 0 Å². The monoisotopic (exact) mass is 887 g/mol. The van der Waals surface area contributed by atoms with E-state index < -0.39 is 11.8 Å². The molecule has 0 aliphatic rings. The van der Waals surface area contributed by atoms with Crippen molar-refractivity contribution in [2.45, 2.75) is 66.7 Å². The van der Waals surface area contributed by atoms with Crippen molar-refractivity contribution in [1.82, 2.24) is 14.5 Å². The summed E-state index contributed by atoms with van der Waals surface area (Å²) in [6, 6.07) is 44.4. The Labute approximate surface area is 334 Å². The summed E-state index contributed by atoms with van der Waals surface area (Å²) in [5.41, 5.74) is 10.2. The first kappa shape index (κ1) is 35.7. The molecule has 0 amide bonds. The average Bonchev–Trinajstić information content (AvgIpc) is 3.76. The van der Waals surface area contributed by atoms with E-state index in [1.807, 2.05) is 57.2 Å². The van der Waals surface area contributed by atoms with E-state index >= 15 is 0 Å². The van der Waals surface area contributed by atoms with Gasteiger partial charge in [0.1, 0.15) is 5.58 Å². The second-order valence-corrected chi connectivity index (χ2v) is 15.0. The van der Waals surface area contributed by atoms with Gasteiger partial charge >= 0.3 is 0 Å². The van der Waals surface area contributed by atoms with Crippen LogP contribution in [0.1, 0.15) is 85.3 Å². The molecule has 5 nitrogen and oxygen atoms in total. The molecule has 0 atom stereocenters. The summed E-state index contributed by atoms with van der Waals surface area (Å²) in [5.74, 6) is 1.80. The number of pyridine rings is 1. The third-order valence-corrected chi connectivity index (χ3v) is 9.17. The van der Waals surface area contributed by atoms with E-state index in [2.05, 4.69) is 104 Å². The summed E-state index contributed by atoms with van der Waals surface area (Å²) in [6.45, 7) is 14.7. The quantitative estimate of drug-likeness (QED) is 0.156. The molecule has 0 N–H and O–H groups in total. The van der Waals surface area contributed by atoms with Gasteiger partial charge < -0.3 is 14.0 Å². The van der Waals surface area contributed by atoms with E-state index in [0.717, 1.165) is 33.2 Å². The number of para-hydroxylation sites is 3. The van der Waals surface area contributed by atoms with E-state index in [1.54, 1.807) is 30.5 Å². The van der Waals surface area contributed by atoms with Crippen LogP contribution in [0.2, 0.25) is 0 Å². The van der Waals surface area contributed by atoms with E-state index in [1.165, 1.54) is 16.8 Å². The molecule has 6 heteroatoms. The average molecular weight is 887 g/mol. The minimum atomic E-state index is -1.52. The summed E-state index contributed by atoms with van der Waals surface area (Å²) in [7, 11) is 0. The largest absolute Gasteiger partial charge is 0.501 e. The van der Waals surface area contributed by atoms with E-state index in [9.17, 15) is 0 Å². The minimum Gasteiger partial charge on any atom is -0.501 e. The van der Waals surface area contributed by atoms with Crippen LogP contribution in [-0.4, -0.2) is 14.5 Å². The van der Waals surface area contributed by atoms with Crippen molar-refractivity contribution in [3.63, 3.8) is 0 Å². The van der Waals surface area contributed by atoms with E-state index in [-0.39, 0.29) is 20.1 Å². The van der Waals surface area contributed by atoms with Gasteiger partial charge in [-0.1, -0.05) is 107 Å². The Bertz CT molecular complexity index is 2670. The molecule has 0 unspecified atom stereocenters. The molecule has 0 spiro atoms. The van der Waals surface area contributed by atoms with Gasteiger partial charge in [-0.25, -0.2) is 0 Å². The second-order valence-electron chi connectivity index (χ2n) is 15.0. The van der Waals surface area contributed by atoms with Crippen molar-refractivity contribution in [1.29, 1.82) is 5.26 Å². The molecule has 0 fully saturated rings. The maximum atomic E-state index is 9.13.